The van der Waals surface area contributed by atoms with Crippen LogP contribution in [0.15, 0.2) is 30.4 Å². The molecule has 0 unspecified atom stereocenters. The Bertz CT molecular complexity index is 825. The van der Waals surface area contributed by atoms with E-state index in [4.69, 9.17) is 14.2 Å². The number of rotatable bonds is 15. The van der Waals surface area contributed by atoms with E-state index in [2.05, 4.69) is 5.32 Å². The smallest absolute Gasteiger partial charge is 0.299 e. The predicted octanol–water partition coefficient (Wildman–Crippen LogP) is 0.890. The van der Waals surface area contributed by atoms with Gasteiger partial charge in [0.05, 0.1) is 62.1 Å². The van der Waals surface area contributed by atoms with Crippen LogP contribution >= 0.6 is 0 Å². The second kappa shape index (κ2) is 12.3. The summed E-state index contributed by atoms with van der Waals surface area (Å²) in [5, 5.41) is 24.6. The number of hydrogen-bond donors (Lipinski definition) is 1. The Morgan fingerprint density at radius 3 is 2.00 bits per heavy atom. The third-order valence-corrected chi connectivity index (χ3v) is 4.05. The standard InChI is InChI=1S/C18H22N4O9/c23-17-3-4-18(24)20(17)6-8-30-10-12-31-11-9-29-7-5-19-15-2-1-14(21(25)26)13-16(15)22(27)28/h1-4,13,19H,5-12H2. The van der Waals surface area contributed by atoms with Crippen molar-refractivity contribution >= 4 is 28.9 Å². The summed E-state index contributed by atoms with van der Waals surface area (Å²) in [5.41, 5.74) is -0.572. The molecule has 0 atom stereocenters. The Morgan fingerprint density at radius 2 is 1.42 bits per heavy atom. The molecule has 13 heteroatoms. The van der Waals surface area contributed by atoms with Crippen molar-refractivity contribution < 1.29 is 33.6 Å². The second-order valence-corrected chi connectivity index (χ2v) is 6.14. The van der Waals surface area contributed by atoms with E-state index < -0.39 is 9.85 Å². The fourth-order valence-electron chi connectivity index (χ4n) is 2.54. The Morgan fingerprint density at radius 1 is 0.839 bits per heavy atom. The van der Waals surface area contributed by atoms with Gasteiger partial charge in [-0.1, -0.05) is 0 Å². The maximum Gasteiger partial charge on any atom is 0.299 e. The number of hydrogen-bond acceptors (Lipinski definition) is 10. The molecule has 0 aromatic heterocycles. The number of carbonyl (C=O) groups is 2. The van der Waals surface area contributed by atoms with Crippen LogP contribution in [0.25, 0.3) is 0 Å². The van der Waals surface area contributed by atoms with Crippen molar-refractivity contribution in [3.8, 4) is 0 Å². The quantitative estimate of drug-likeness (QED) is 0.180. The fraction of sp³-hybridized carbons (Fsp3) is 0.444. The van der Waals surface area contributed by atoms with E-state index in [1.54, 1.807) is 0 Å². The molecule has 1 heterocycles. The van der Waals surface area contributed by atoms with Gasteiger partial charge < -0.3 is 19.5 Å². The molecule has 31 heavy (non-hydrogen) atoms. The molecule has 1 aromatic carbocycles. The van der Waals surface area contributed by atoms with Crippen molar-refractivity contribution in [2.75, 3.05) is 58.0 Å². The van der Waals surface area contributed by atoms with Crippen LogP contribution < -0.4 is 5.32 Å². The number of nitro groups is 2. The normalized spacial score (nSPS) is 13.1. The number of nitrogens with one attached hydrogen (secondary N) is 1. The summed E-state index contributed by atoms with van der Waals surface area (Å²) in [6.45, 7) is 2.16. The van der Waals surface area contributed by atoms with Gasteiger partial charge in [0.1, 0.15) is 5.69 Å². The van der Waals surface area contributed by atoms with Crippen LogP contribution in [0.5, 0.6) is 0 Å². The Hall–Kier alpha value is -3.42. The van der Waals surface area contributed by atoms with Crippen LogP contribution in [-0.4, -0.2) is 79.3 Å². The first-order valence-electron chi connectivity index (χ1n) is 9.33. The lowest BCUT2D eigenvalue weighted by atomic mass is 10.2. The summed E-state index contributed by atoms with van der Waals surface area (Å²) in [7, 11) is 0. The molecule has 0 bridgehead atoms. The molecule has 1 aliphatic rings. The van der Waals surface area contributed by atoms with E-state index in [1.165, 1.54) is 24.3 Å². The monoisotopic (exact) mass is 438 g/mol. The lowest BCUT2D eigenvalue weighted by molar-refractivity contribution is -0.393. The van der Waals surface area contributed by atoms with E-state index in [1.807, 2.05) is 0 Å². The van der Waals surface area contributed by atoms with Gasteiger partial charge in [-0.25, -0.2) is 0 Å². The van der Waals surface area contributed by atoms with Gasteiger partial charge in [-0.05, 0) is 6.07 Å². The highest BCUT2D eigenvalue weighted by molar-refractivity contribution is 6.12. The van der Waals surface area contributed by atoms with E-state index in [9.17, 15) is 29.8 Å². The van der Waals surface area contributed by atoms with E-state index in [0.717, 1.165) is 11.0 Å². The van der Waals surface area contributed by atoms with Crippen LogP contribution in [0.3, 0.4) is 0 Å². The minimum Gasteiger partial charge on any atom is -0.377 e. The molecule has 0 radical (unpaired) electrons. The summed E-state index contributed by atoms with van der Waals surface area (Å²) in [6.07, 6.45) is 2.43. The second-order valence-electron chi connectivity index (χ2n) is 6.14. The van der Waals surface area contributed by atoms with Crippen molar-refractivity contribution in [2.24, 2.45) is 0 Å². The molecule has 0 aliphatic carbocycles. The zero-order chi connectivity index (χ0) is 22.6. The third kappa shape index (κ3) is 7.73. The highest BCUT2D eigenvalue weighted by Crippen LogP contribution is 2.28. The zero-order valence-corrected chi connectivity index (χ0v) is 16.6. The molecular weight excluding hydrogens is 416 g/mol. The summed E-state index contributed by atoms with van der Waals surface area (Å²) in [4.78, 5) is 44.1. The summed E-state index contributed by atoms with van der Waals surface area (Å²) >= 11 is 0. The predicted molar refractivity (Wildman–Crippen MR) is 107 cm³/mol. The number of non-ortho nitro benzene ring substituents is 1. The number of nitro benzene ring substituents is 2. The first kappa shape index (κ1) is 23.9. The zero-order valence-electron chi connectivity index (χ0n) is 16.6. The SMILES string of the molecule is O=C1C=CC(=O)N1CCOCCOCCOCCNc1ccc([N+](=O)[O-])cc1[N+](=O)[O-]. The molecule has 0 saturated carbocycles. The number of carbonyl (C=O) groups excluding carboxylic acids is 2. The number of benzene rings is 1. The van der Waals surface area contributed by atoms with Crippen molar-refractivity contribution in [2.45, 2.75) is 0 Å². The Labute approximate surface area is 176 Å². The maximum absolute atomic E-state index is 11.3. The highest BCUT2D eigenvalue weighted by atomic mass is 16.6. The van der Waals surface area contributed by atoms with Gasteiger partial charge in [0, 0.05) is 24.8 Å². The average molecular weight is 438 g/mol. The van der Waals surface area contributed by atoms with Gasteiger partial charge in [-0.3, -0.25) is 34.7 Å². The van der Waals surface area contributed by atoms with Gasteiger partial charge in [0.2, 0.25) is 0 Å². The molecule has 1 aromatic rings. The summed E-state index contributed by atoms with van der Waals surface area (Å²) in [6, 6.07) is 3.37. The number of nitrogens with zero attached hydrogens (tertiary/aromatic N) is 3. The van der Waals surface area contributed by atoms with E-state index in [-0.39, 0.29) is 55.2 Å². The summed E-state index contributed by atoms with van der Waals surface area (Å²) < 4.78 is 16.0. The minimum atomic E-state index is -0.697. The lowest BCUT2D eigenvalue weighted by Crippen LogP contribution is -2.33. The first-order valence-corrected chi connectivity index (χ1v) is 9.33. The number of ether oxygens (including phenoxy) is 3. The fourth-order valence-corrected chi connectivity index (χ4v) is 2.54. The van der Waals surface area contributed by atoms with Crippen molar-refractivity contribution in [3.63, 3.8) is 0 Å². The molecule has 0 fully saturated rings. The Kier molecular flexibility index (Phi) is 9.48. The molecule has 1 aliphatic heterocycles. The number of imide groups is 1. The molecule has 2 amide bonds. The van der Waals surface area contributed by atoms with Gasteiger partial charge in [-0.15, -0.1) is 0 Å². The largest absolute Gasteiger partial charge is 0.377 e. The van der Waals surface area contributed by atoms with Crippen molar-refractivity contribution in [1.82, 2.24) is 4.90 Å². The molecule has 0 saturated heterocycles. The van der Waals surface area contributed by atoms with Gasteiger partial charge in [-0.2, -0.15) is 0 Å². The lowest BCUT2D eigenvalue weighted by Gasteiger charge is -2.13. The highest BCUT2D eigenvalue weighted by Gasteiger charge is 2.22. The van der Waals surface area contributed by atoms with Crippen LogP contribution in [0.4, 0.5) is 17.1 Å². The van der Waals surface area contributed by atoms with E-state index in [0.29, 0.717) is 26.4 Å². The number of amides is 2. The van der Waals surface area contributed by atoms with Crippen LogP contribution in [0, 0.1) is 20.2 Å². The molecule has 0 spiro atoms. The molecule has 168 valence electrons. The molecular formula is C18H22N4O9. The minimum absolute atomic E-state index is 0.167. The van der Waals surface area contributed by atoms with Crippen molar-refractivity contribution in [3.05, 3.63) is 50.6 Å². The van der Waals surface area contributed by atoms with Crippen LogP contribution in [0.2, 0.25) is 0 Å². The first-order chi connectivity index (χ1) is 14.9. The van der Waals surface area contributed by atoms with Crippen molar-refractivity contribution in [1.29, 1.82) is 0 Å². The molecule has 2 rings (SSSR count). The van der Waals surface area contributed by atoms with Gasteiger partial charge in [0.15, 0.2) is 0 Å². The van der Waals surface area contributed by atoms with Crippen LogP contribution in [-0.2, 0) is 23.8 Å². The van der Waals surface area contributed by atoms with Gasteiger partial charge >= 0.3 is 0 Å². The summed E-state index contributed by atoms with van der Waals surface area (Å²) in [5.74, 6) is -0.695. The van der Waals surface area contributed by atoms with Crippen LogP contribution in [0.1, 0.15) is 0 Å². The van der Waals surface area contributed by atoms with E-state index >= 15 is 0 Å². The Balaban J connectivity index is 1.49. The van der Waals surface area contributed by atoms with Gasteiger partial charge in [0.25, 0.3) is 23.2 Å². The topological polar surface area (TPSA) is 163 Å². The molecule has 1 N–H and O–H groups in total. The third-order valence-electron chi connectivity index (χ3n) is 4.05. The number of anilines is 1. The molecule has 13 nitrogen and oxygen atoms in total. The maximum atomic E-state index is 11.3. The average Bonchev–Trinajstić information content (AvgIpc) is 3.06.